The maximum atomic E-state index is 12.6. The first-order chi connectivity index (χ1) is 19.1. The van der Waals surface area contributed by atoms with Crippen LogP contribution in [0.15, 0.2) is 36.5 Å². The van der Waals surface area contributed by atoms with E-state index in [-0.39, 0.29) is 30.5 Å². The second-order valence-electron chi connectivity index (χ2n) is 11.8. The van der Waals surface area contributed by atoms with Gasteiger partial charge < -0.3 is 24.4 Å². The van der Waals surface area contributed by atoms with E-state index >= 15 is 0 Å². The number of nitrogens with zero attached hydrogens (tertiary/aromatic N) is 4. The predicted octanol–water partition coefficient (Wildman–Crippen LogP) is 3.61. The Balaban J connectivity index is 1.15. The maximum Gasteiger partial charge on any atom is 0.415 e. The highest BCUT2D eigenvalue weighted by Gasteiger charge is 2.71. The predicted molar refractivity (Wildman–Crippen MR) is 142 cm³/mol. The SMILES string of the molecule is COC(=O)NC[C@@H]1OC(=O)N2c3ccc(-c4ccc(C5(C#N)[C@@H]6CN(C(=O)OC(C)(C)C)C[C@@H]65)nc4)cc3C[C@@H]12. The Morgan fingerprint density at radius 3 is 2.55 bits per heavy atom. The summed E-state index contributed by atoms with van der Waals surface area (Å²) in [5, 5.41) is 12.7. The molecule has 4 aliphatic rings. The normalized spacial score (nSPS) is 27.7. The summed E-state index contributed by atoms with van der Waals surface area (Å²) in [6.45, 7) is 6.66. The molecule has 0 radical (unpaired) electrons. The monoisotopic (exact) mass is 545 g/mol. The van der Waals surface area contributed by atoms with Gasteiger partial charge in [0, 0.05) is 36.7 Å². The molecule has 3 amide bonds. The summed E-state index contributed by atoms with van der Waals surface area (Å²) in [4.78, 5) is 44.5. The number of hydrogen-bond donors (Lipinski definition) is 1. The van der Waals surface area contributed by atoms with E-state index in [4.69, 9.17) is 14.5 Å². The zero-order valence-electron chi connectivity index (χ0n) is 22.8. The van der Waals surface area contributed by atoms with Gasteiger partial charge in [0.15, 0.2) is 0 Å². The second-order valence-corrected chi connectivity index (χ2v) is 11.8. The number of amides is 3. The average molecular weight is 546 g/mol. The topological polar surface area (TPSA) is 134 Å². The Bertz CT molecular complexity index is 1420. The maximum absolute atomic E-state index is 12.6. The Morgan fingerprint density at radius 1 is 1.20 bits per heavy atom. The molecule has 1 N–H and O–H groups in total. The van der Waals surface area contributed by atoms with Crippen LogP contribution in [0.3, 0.4) is 0 Å². The summed E-state index contributed by atoms with van der Waals surface area (Å²) in [5.41, 5.74) is 3.14. The molecular weight excluding hydrogens is 514 g/mol. The number of ether oxygens (including phenoxy) is 3. The molecule has 0 spiro atoms. The van der Waals surface area contributed by atoms with Gasteiger partial charge in [0.2, 0.25) is 0 Å². The number of anilines is 1. The molecule has 2 aromatic rings. The Labute approximate surface area is 232 Å². The van der Waals surface area contributed by atoms with Gasteiger partial charge in [-0.3, -0.25) is 9.88 Å². The van der Waals surface area contributed by atoms with E-state index in [2.05, 4.69) is 16.1 Å². The van der Waals surface area contributed by atoms with Crippen molar-refractivity contribution in [1.29, 1.82) is 5.26 Å². The molecule has 40 heavy (non-hydrogen) atoms. The highest BCUT2D eigenvalue weighted by Crippen LogP contribution is 2.63. The lowest BCUT2D eigenvalue weighted by Crippen LogP contribution is -2.40. The van der Waals surface area contributed by atoms with Crippen molar-refractivity contribution in [3.05, 3.63) is 47.8 Å². The van der Waals surface area contributed by atoms with Gasteiger partial charge in [0.1, 0.15) is 17.1 Å². The van der Waals surface area contributed by atoms with Crippen molar-refractivity contribution in [2.75, 3.05) is 31.6 Å². The summed E-state index contributed by atoms with van der Waals surface area (Å²) >= 11 is 0. The number of fused-ring (bicyclic) bond motifs is 4. The second kappa shape index (κ2) is 9.11. The third-order valence-corrected chi connectivity index (χ3v) is 8.35. The Kier molecular flexibility index (Phi) is 5.91. The molecule has 1 aromatic heterocycles. The first-order valence-electron chi connectivity index (χ1n) is 13.4. The number of aromatic nitrogens is 1. The minimum atomic E-state index is -0.687. The molecule has 11 nitrogen and oxygen atoms in total. The van der Waals surface area contributed by atoms with Gasteiger partial charge in [-0.05, 0) is 56.5 Å². The number of rotatable bonds is 4. The first-order valence-corrected chi connectivity index (χ1v) is 13.4. The number of nitriles is 1. The number of pyridine rings is 1. The van der Waals surface area contributed by atoms with Crippen LogP contribution in [0.25, 0.3) is 11.1 Å². The molecule has 1 unspecified atom stereocenters. The minimum absolute atomic E-state index is 0.0400. The molecule has 1 aromatic carbocycles. The number of hydrogen-bond acceptors (Lipinski definition) is 8. The van der Waals surface area contributed by atoms with E-state index in [0.717, 1.165) is 28.1 Å². The number of alkyl carbamates (subject to hydrolysis) is 1. The Morgan fingerprint density at radius 2 is 1.93 bits per heavy atom. The van der Waals surface area contributed by atoms with Gasteiger partial charge in [-0.25, -0.2) is 14.4 Å². The van der Waals surface area contributed by atoms with E-state index in [1.807, 2.05) is 51.1 Å². The summed E-state index contributed by atoms with van der Waals surface area (Å²) < 4.78 is 15.6. The van der Waals surface area contributed by atoms with Crippen molar-refractivity contribution in [3.8, 4) is 17.2 Å². The first kappa shape index (κ1) is 25.9. The molecule has 1 saturated carbocycles. The lowest BCUT2D eigenvalue weighted by atomic mass is 9.95. The van der Waals surface area contributed by atoms with Crippen molar-refractivity contribution in [2.45, 2.75) is 50.4 Å². The van der Waals surface area contributed by atoms with E-state index in [9.17, 15) is 19.6 Å². The molecule has 4 heterocycles. The van der Waals surface area contributed by atoms with Gasteiger partial charge in [-0.2, -0.15) is 5.26 Å². The molecule has 3 fully saturated rings. The quantitative estimate of drug-likeness (QED) is 0.576. The third kappa shape index (κ3) is 4.10. The standard InChI is InChI=1S/C29H31N5O6/c1-28(2,3)40-26(36)33-13-19-20(14-33)29(19,15-30)24-8-6-17(11-31-24)16-5-7-21-18(9-16)10-22-23(12-32-25(35)38-4)39-27(37)34(21)22/h5-9,11,19-20,22-23H,10,12-14H2,1-4H3,(H,32,35)/t19-,20+,22-,23-,29?/m0/s1. The van der Waals surface area contributed by atoms with Crippen LogP contribution in [0.4, 0.5) is 20.1 Å². The molecule has 11 heteroatoms. The zero-order valence-corrected chi connectivity index (χ0v) is 22.8. The number of benzene rings is 1. The van der Waals surface area contributed by atoms with E-state index in [1.54, 1.807) is 16.0 Å². The number of nitrogens with one attached hydrogen (secondary N) is 1. The fraction of sp³-hybridized carbons (Fsp3) is 0.483. The van der Waals surface area contributed by atoms with Gasteiger partial charge in [0.05, 0.1) is 37.1 Å². The van der Waals surface area contributed by atoms with E-state index in [1.165, 1.54) is 7.11 Å². The van der Waals surface area contributed by atoms with Gasteiger partial charge in [0.25, 0.3) is 0 Å². The highest BCUT2D eigenvalue weighted by molar-refractivity contribution is 5.94. The van der Waals surface area contributed by atoms with E-state index < -0.39 is 29.3 Å². The summed E-state index contributed by atoms with van der Waals surface area (Å²) in [7, 11) is 1.28. The molecule has 3 aliphatic heterocycles. The van der Waals surface area contributed by atoms with Crippen molar-refractivity contribution in [2.24, 2.45) is 11.8 Å². The number of carbonyl (C=O) groups excluding carboxylic acids is 3. The zero-order chi connectivity index (χ0) is 28.4. The van der Waals surface area contributed by atoms with Gasteiger partial charge in [-0.15, -0.1) is 0 Å². The highest BCUT2D eigenvalue weighted by atomic mass is 16.6. The van der Waals surface area contributed by atoms with Crippen LogP contribution in [-0.2, 0) is 26.0 Å². The van der Waals surface area contributed by atoms with Crippen molar-refractivity contribution < 1.29 is 28.6 Å². The minimum Gasteiger partial charge on any atom is -0.453 e. The van der Waals surface area contributed by atoms with Crippen LogP contribution in [-0.4, -0.2) is 72.7 Å². The van der Waals surface area contributed by atoms with Crippen LogP contribution < -0.4 is 10.2 Å². The number of likely N-dealkylation sites (tertiary alicyclic amines) is 1. The molecule has 2 saturated heterocycles. The number of cyclic esters (lactones) is 1. The fourth-order valence-electron chi connectivity index (χ4n) is 6.41. The van der Waals surface area contributed by atoms with Crippen molar-refractivity contribution in [1.82, 2.24) is 15.2 Å². The van der Waals surface area contributed by atoms with Crippen molar-refractivity contribution >= 4 is 24.0 Å². The fourth-order valence-corrected chi connectivity index (χ4v) is 6.41. The molecule has 0 bridgehead atoms. The number of piperidine rings is 1. The molecule has 1 aliphatic carbocycles. The van der Waals surface area contributed by atoms with Gasteiger partial charge in [-0.1, -0.05) is 12.1 Å². The third-order valence-electron chi connectivity index (χ3n) is 8.35. The molecule has 6 rings (SSSR count). The number of carbonyl (C=O) groups is 3. The average Bonchev–Trinajstić information content (AvgIpc) is 3.28. The lowest BCUT2D eigenvalue weighted by molar-refractivity contribution is 0.0265. The van der Waals surface area contributed by atoms with Crippen LogP contribution in [0.5, 0.6) is 0 Å². The number of methoxy groups -OCH3 is 1. The van der Waals surface area contributed by atoms with Crippen LogP contribution in [0.1, 0.15) is 32.0 Å². The van der Waals surface area contributed by atoms with Crippen LogP contribution in [0, 0.1) is 23.2 Å². The molecular formula is C29H31N5O6. The molecule has 5 atom stereocenters. The van der Waals surface area contributed by atoms with Crippen LogP contribution >= 0.6 is 0 Å². The van der Waals surface area contributed by atoms with Crippen LogP contribution in [0.2, 0.25) is 0 Å². The van der Waals surface area contributed by atoms with E-state index in [0.29, 0.717) is 19.5 Å². The summed E-state index contributed by atoms with van der Waals surface area (Å²) in [6.07, 6.45) is 0.561. The Hall–Kier alpha value is -4.33. The van der Waals surface area contributed by atoms with Crippen molar-refractivity contribution in [3.63, 3.8) is 0 Å². The largest absolute Gasteiger partial charge is 0.453 e. The summed E-state index contributed by atoms with van der Waals surface area (Å²) in [5.74, 6) is 0.0800. The van der Waals surface area contributed by atoms with Gasteiger partial charge >= 0.3 is 18.3 Å². The molecule has 208 valence electrons. The summed E-state index contributed by atoms with van der Waals surface area (Å²) in [6, 6.07) is 12.1. The lowest BCUT2D eigenvalue weighted by Gasteiger charge is -2.27. The smallest absolute Gasteiger partial charge is 0.415 e.